The number of benzene rings is 2. The molecule has 0 aliphatic carbocycles. The van der Waals surface area contributed by atoms with Gasteiger partial charge in [0.1, 0.15) is 0 Å². The number of thiocarbonyl (C=S) groups is 1. The summed E-state index contributed by atoms with van der Waals surface area (Å²) in [6.45, 7) is 8.84. The normalized spacial score (nSPS) is 10.7. The smallest absolute Gasteiger partial charge is 0.0739 e. The van der Waals surface area contributed by atoms with E-state index in [0.29, 0.717) is 0 Å². The average molecular weight is 323 g/mol. The van der Waals surface area contributed by atoms with E-state index in [9.17, 15) is 0 Å². The van der Waals surface area contributed by atoms with Crippen LogP contribution in [0.2, 0.25) is 0 Å². The van der Waals surface area contributed by atoms with Crippen molar-refractivity contribution in [1.29, 1.82) is 0 Å². The highest BCUT2D eigenvalue weighted by Crippen LogP contribution is 2.42. The summed E-state index contributed by atoms with van der Waals surface area (Å²) in [5, 5.41) is 3.82. The fourth-order valence-corrected chi connectivity index (χ4v) is 4.40. The molecule has 0 fully saturated rings. The van der Waals surface area contributed by atoms with E-state index >= 15 is 0 Å². The molecular formula is C19H17NS2. The van der Waals surface area contributed by atoms with Gasteiger partial charge in [-0.1, -0.05) is 18.2 Å². The van der Waals surface area contributed by atoms with Gasteiger partial charge in [-0.15, -0.1) is 11.3 Å². The number of hydrogen-bond acceptors (Lipinski definition) is 3. The van der Waals surface area contributed by atoms with Crippen LogP contribution < -0.4 is 0 Å². The minimum Gasteiger partial charge on any atom is -0.195 e. The fraction of sp³-hybridized carbons (Fsp3) is 0.211. The van der Waals surface area contributed by atoms with E-state index in [1.165, 1.54) is 42.8 Å². The van der Waals surface area contributed by atoms with Crippen molar-refractivity contribution < 1.29 is 0 Å². The van der Waals surface area contributed by atoms with Gasteiger partial charge in [-0.2, -0.15) is 4.99 Å². The number of rotatable bonds is 2. The van der Waals surface area contributed by atoms with E-state index < -0.39 is 0 Å². The van der Waals surface area contributed by atoms with E-state index in [4.69, 9.17) is 0 Å². The molecule has 110 valence electrons. The third-order valence-electron chi connectivity index (χ3n) is 4.21. The molecule has 0 radical (unpaired) electrons. The van der Waals surface area contributed by atoms with Crippen molar-refractivity contribution in [2.75, 3.05) is 0 Å². The highest BCUT2D eigenvalue weighted by molar-refractivity contribution is 7.78. The molecule has 2 aromatic carbocycles. The van der Waals surface area contributed by atoms with Gasteiger partial charge < -0.3 is 0 Å². The Morgan fingerprint density at radius 1 is 0.955 bits per heavy atom. The topological polar surface area (TPSA) is 12.4 Å². The molecule has 0 spiro atoms. The fourth-order valence-electron chi connectivity index (χ4n) is 2.95. The molecular weight excluding hydrogens is 306 g/mol. The van der Waals surface area contributed by atoms with Crippen molar-refractivity contribution in [3.05, 3.63) is 52.6 Å². The summed E-state index contributed by atoms with van der Waals surface area (Å²) in [4.78, 5) is 5.35. The molecule has 0 amide bonds. The molecule has 22 heavy (non-hydrogen) atoms. The Hall–Kier alpha value is -1.80. The van der Waals surface area contributed by atoms with Crippen molar-refractivity contribution in [2.45, 2.75) is 27.7 Å². The van der Waals surface area contributed by atoms with Crippen molar-refractivity contribution in [1.82, 2.24) is 0 Å². The van der Waals surface area contributed by atoms with Crippen LogP contribution in [-0.4, -0.2) is 5.16 Å². The monoisotopic (exact) mass is 323 g/mol. The van der Waals surface area contributed by atoms with Crippen LogP contribution in [0.4, 0.5) is 5.69 Å². The van der Waals surface area contributed by atoms with E-state index in [1.54, 1.807) is 0 Å². The predicted octanol–water partition coefficient (Wildman–Crippen LogP) is 6.54. The van der Waals surface area contributed by atoms with Gasteiger partial charge in [-0.3, -0.25) is 0 Å². The molecule has 3 heteroatoms. The molecule has 1 aromatic heterocycles. The molecule has 0 aliphatic heterocycles. The first-order chi connectivity index (χ1) is 10.5. The third kappa shape index (κ3) is 2.42. The molecule has 1 nitrogen and oxygen atoms in total. The zero-order valence-electron chi connectivity index (χ0n) is 13.2. The quantitative estimate of drug-likeness (QED) is 0.385. The Morgan fingerprint density at radius 3 is 2.27 bits per heavy atom. The van der Waals surface area contributed by atoms with E-state index in [2.05, 4.69) is 68.3 Å². The van der Waals surface area contributed by atoms with Crippen LogP contribution in [0.5, 0.6) is 0 Å². The van der Waals surface area contributed by atoms with E-state index in [1.807, 2.05) is 23.5 Å². The standard InChI is InChI=1S/C19H17NS2/c1-11-9-12(2)18-17(13(11)3)14(4)19(22-18)15-5-7-16(8-6-15)20-10-21/h5-9H,1-4H3. The lowest BCUT2D eigenvalue weighted by molar-refractivity contribution is 1.34. The highest BCUT2D eigenvalue weighted by Gasteiger charge is 2.15. The number of aliphatic imine (C=N–C) groups is 1. The maximum absolute atomic E-state index is 4.65. The average Bonchev–Trinajstić information content (AvgIpc) is 2.84. The maximum atomic E-state index is 4.65. The van der Waals surface area contributed by atoms with Gasteiger partial charge in [-0.25, -0.2) is 0 Å². The highest BCUT2D eigenvalue weighted by atomic mass is 32.1. The lowest BCUT2D eigenvalue weighted by Crippen LogP contribution is -1.86. The largest absolute Gasteiger partial charge is 0.195 e. The summed E-state index contributed by atoms with van der Waals surface area (Å²) in [6.07, 6.45) is 0. The maximum Gasteiger partial charge on any atom is 0.0739 e. The Kier molecular flexibility index (Phi) is 3.96. The first-order valence-electron chi connectivity index (χ1n) is 7.21. The van der Waals surface area contributed by atoms with Crippen LogP contribution in [0.15, 0.2) is 35.3 Å². The molecule has 0 aliphatic rings. The van der Waals surface area contributed by atoms with Crippen LogP contribution in [0.3, 0.4) is 0 Å². The summed E-state index contributed by atoms with van der Waals surface area (Å²) in [5.74, 6) is 0. The van der Waals surface area contributed by atoms with Crippen LogP contribution >= 0.6 is 23.6 Å². The van der Waals surface area contributed by atoms with Crippen molar-refractivity contribution >= 4 is 44.5 Å². The van der Waals surface area contributed by atoms with Gasteiger partial charge in [0.05, 0.1) is 10.8 Å². The van der Waals surface area contributed by atoms with Crippen molar-refractivity contribution in [3.8, 4) is 10.4 Å². The predicted molar refractivity (Wildman–Crippen MR) is 101 cm³/mol. The van der Waals surface area contributed by atoms with Crippen LogP contribution in [0, 0.1) is 27.7 Å². The third-order valence-corrected chi connectivity index (χ3v) is 5.78. The van der Waals surface area contributed by atoms with Crippen LogP contribution in [0.1, 0.15) is 22.3 Å². The van der Waals surface area contributed by atoms with E-state index in [-0.39, 0.29) is 0 Å². The number of hydrogen-bond donors (Lipinski definition) is 0. The number of thiophene rings is 1. The van der Waals surface area contributed by atoms with Crippen molar-refractivity contribution in [2.24, 2.45) is 4.99 Å². The van der Waals surface area contributed by atoms with Crippen LogP contribution in [-0.2, 0) is 0 Å². The van der Waals surface area contributed by atoms with Gasteiger partial charge in [0.2, 0.25) is 0 Å². The minimum absolute atomic E-state index is 0.848. The molecule has 1 heterocycles. The Balaban J connectivity index is 2.23. The van der Waals surface area contributed by atoms with E-state index in [0.717, 1.165) is 5.69 Å². The summed E-state index contributed by atoms with van der Waals surface area (Å²) in [6, 6.07) is 10.5. The van der Waals surface area contributed by atoms with Gasteiger partial charge in [0.25, 0.3) is 0 Å². The number of nitrogens with zero attached hydrogens (tertiary/aromatic N) is 1. The second-order valence-corrected chi connectivity index (χ2v) is 6.85. The molecule has 0 saturated carbocycles. The molecule has 0 bridgehead atoms. The number of isothiocyanates is 1. The summed E-state index contributed by atoms with van der Waals surface area (Å²) in [5.41, 5.74) is 7.57. The van der Waals surface area contributed by atoms with Crippen molar-refractivity contribution in [3.63, 3.8) is 0 Å². The van der Waals surface area contributed by atoms with Gasteiger partial charge >= 0.3 is 0 Å². The number of aryl methyl sites for hydroxylation is 4. The first kappa shape index (κ1) is 15.1. The first-order valence-corrected chi connectivity index (χ1v) is 8.43. The van der Waals surface area contributed by atoms with Gasteiger partial charge in [0, 0.05) is 9.58 Å². The second kappa shape index (κ2) is 5.77. The molecule has 0 saturated heterocycles. The zero-order chi connectivity index (χ0) is 15.9. The summed E-state index contributed by atoms with van der Waals surface area (Å²) >= 11 is 6.53. The lowest BCUT2D eigenvalue weighted by atomic mass is 9.98. The number of fused-ring (bicyclic) bond motifs is 1. The summed E-state index contributed by atoms with van der Waals surface area (Å²) < 4.78 is 1.40. The molecule has 0 atom stereocenters. The second-order valence-electron chi connectivity index (χ2n) is 5.65. The Bertz CT molecular complexity index is 911. The Morgan fingerprint density at radius 2 is 1.64 bits per heavy atom. The zero-order valence-corrected chi connectivity index (χ0v) is 14.8. The lowest BCUT2D eigenvalue weighted by Gasteiger charge is -2.06. The SMILES string of the molecule is Cc1cc(C)c2sc(-c3ccc(N=C=S)cc3)c(C)c2c1C. The molecule has 3 aromatic rings. The minimum atomic E-state index is 0.848. The van der Waals surface area contributed by atoms with Gasteiger partial charge in [0.15, 0.2) is 0 Å². The van der Waals surface area contributed by atoms with Crippen LogP contribution in [0.25, 0.3) is 20.5 Å². The van der Waals surface area contributed by atoms with Gasteiger partial charge in [-0.05, 0) is 85.2 Å². The molecule has 3 rings (SSSR count). The Labute approximate surface area is 140 Å². The molecule has 0 unspecified atom stereocenters. The molecule has 0 N–H and O–H groups in total. The summed E-state index contributed by atoms with van der Waals surface area (Å²) in [7, 11) is 0.